The minimum Gasteiger partial charge on any atom is -0.322 e. The SMILES string of the molecule is O=C(Nc1ccc(Cl)c(C(F)(F)F)c1)c1cc(-c2ccccn2)nc2ccccc12. The zero-order chi connectivity index (χ0) is 21.3. The standard InChI is InChI=1S/C22H13ClF3N3O/c23-17-9-8-13(11-16(17)22(24,25)26)28-21(30)15-12-20(19-7-3-4-10-27-19)29-18-6-2-1-5-14(15)18/h1-12H,(H,28,30). The lowest BCUT2D eigenvalue weighted by Crippen LogP contribution is -2.14. The third-order valence-electron chi connectivity index (χ3n) is 4.42. The van der Waals surface area contributed by atoms with Gasteiger partial charge in [0.05, 0.1) is 33.1 Å². The lowest BCUT2D eigenvalue weighted by atomic mass is 10.1. The maximum Gasteiger partial charge on any atom is 0.417 e. The first kappa shape index (κ1) is 19.8. The number of rotatable bonds is 3. The summed E-state index contributed by atoms with van der Waals surface area (Å²) in [6, 6.07) is 17.1. The molecule has 0 bridgehead atoms. The highest BCUT2D eigenvalue weighted by atomic mass is 35.5. The van der Waals surface area contributed by atoms with Gasteiger partial charge in [0.1, 0.15) is 0 Å². The maximum atomic E-state index is 13.1. The number of pyridine rings is 2. The van der Waals surface area contributed by atoms with Crippen molar-refractivity contribution in [3.05, 3.63) is 89.1 Å². The Balaban J connectivity index is 1.77. The Morgan fingerprint density at radius 2 is 1.70 bits per heavy atom. The van der Waals surface area contributed by atoms with E-state index >= 15 is 0 Å². The lowest BCUT2D eigenvalue weighted by molar-refractivity contribution is -0.137. The molecule has 0 radical (unpaired) electrons. The number of para-hydroxylation sites is 1. The van der Waals surface area contributed by atoms with Gasteiger partial charge in [-0.05, 0) is 42.5 Å². The quantitative estimate of drug-likeness (QED) is 0.422. The molecule has 8 heteroatoms. The smallest absolute Gasteiger partial charge is 0.322 e. The summed E-state index contributed by atoms with van der Waals surface area (Å²) >= 11 is 5.65. The summed E-state index contributed by atoms with van der Waals surface area (Å²) in [5, 5.41) is 2.65. The van der Waals surface area contributed by atoms with Gasteiger partial charge in [-0.15, -0.1) is 0 Å². The van der Waals surface area contributed by atoms with E-state index in [1.165, 1.54) is 6.07 Å². The number of alkyl halides is 3. The van der Waals surface area contributed by atoms with Gasteiger partial charge in [-0.3, -0.25) is 9.78 Å². The summed E-state index contributed by atoms with van der Waals surface area (Å²) in [6.07, 6.45) is -3.02. The van der Waals surface area contributed by atoms with Gasteiger partial charge >= 0.3 is 6.18 Å². The Labute approximate surface area is 174 Å². The second-order valence-electron chi connectivity index (χ2n) is 6.43. The molecule has 150 valence electrons. The van der Waals surface area contributed by atoms with Crippen molar-refractivity contribution >= 4 is 34.1 Å². The van der Waals surface area contributed by atoms with Crippen LogP contribution in [0.4, 0.5) is 18.9 Å². The number of benzene rings is 2. The maximum absolute atomic E-state index is 13.1. The molecule has 4 aromatic rings. The number of amides is 1. The highest BCUT2D eigenvalue weighted by molar-refractivity contribution is 6.31. The van der Waals surface area contributed by atoms with E-state index in [2.05, 4.69) is 15.3 Å². The molecule has 2 heterocycles. The Hall–Kier alpha value is -3.45. The molecule has 0 unspecified atom stereocenters. The zero-order valence-corrected chi connectivity index (χ0v) is 16.0. The average molecular weight is 428 g/mol. The first-order valence-electron chi connectivity index (χ1n) is 8.82. The van der Waals surface area contributed by atoms with Gasteiger partial charge in [0, 0.05) is 17.3 Å². The molecule has 4 nitrogen and oxygen atoms in total. The van der Waals surface area contributed by atoms with Crippen molar-refractivity contribution in [1.82, 2.24) is 9.97 Å². The van der Waals surface area contributed by atoms with Crippen molar-refractivity contribution in [2.45, 2.75) is 6.18 Å². The lowest BCUT2D eigenvalue weighted by Gasteiger charge is -2.13. The molecule has 0 fully saturated rings. The molecule has 0 atom stereocenters. The number of hydrogen-bond acceptors (Lipinski definition) is 3. The number of nitrogens with zero attached hydrogens (tertiary/aromatic N) is 2. The first-order chi connectivity index (χ1) is 14.3. The van der Waals surface area contributed by atoms with Crippen molar-refractivity contribution in [2.75, 3.05) is 5.32 Å². The zero-order valence-electron chi connectivity index (χ0n) is 15.2. The van der Waals surface area contributed by atoms with E-state index in [4.69, 9.17) is 11.6 Å². The van der Waals surface area contributed by atoms with Crippen LogP contribution in [-0.4, -0.2) is 15.9 Å². The van der Waals surface area contributed by atoms with Gasteiger partial charge in [0.25, 0.3) is 5.91 Å². The van der Waals surface area contributed by atoms with E-state index in [9.17, 15) is 18.0 Å². The van der Waals surface area contributed by atoms with Crippen molar-refractivity contribution < 1.29 is 18.0 Å². The highest BCUT2D eigenvalue weighted by Gasteiger charge is 2.33. The van der Waals surface area contributed by atoms with E-state index in [1.54, 1.807) is 54.7 Å². The minimum atomic E-state index is -4.63. The molecular formula is C22H13ClF3N3O. The van der Waals surface area contributed by atoms with Crippen molar-refractivity contribution in [3.8, 4) is 11.4 Å². The second-order valence-corrected chi connectivity index (χ2v) is 6.84. The molecule has 2 aromatic carbocycles. The number of carbonyl (C=O) groups excluding carboxylic acids is 1. The van der Waals surface area contributed by atoms with Crippen LogP contribution in [0.3, 0.4) is 0 Å². The number of nitrogens with one attached hydrogen (secondary N) is 1. The summed E-state index contributed by atoms with van der Waals surface area (Å²) in [6.45, 7) is 0. The predicted molar refractivity (Wildman–Crippen MR) is 109 cm³/mol. The number of hydrogen-bond donors (Lipinski definition) is 1. The number of carbonyl (C=O) groups is 1. The number of anilines is 1. The fourth-order valence-corrected chi connectivity index (χ4v) is 3.25. The molecule has 30 heavy (non-hydrogen) atoms. The summed E-state index contributed by atoms with van der Waals surface area (Å²) < 4.78 is 39.4. The topological polar surface area (TPSA) is 54.9 Å². The van der Waals surface area contributed by atoms with Crippen LogP contribution in [0.25, 0.3) is 22.3 Å². The normalized spacial score (nSPS) is 11.5. The minimum absolute atomic E-state index is 0.0167. The van der Waals surface area contributed by atoms with E-state index in [0.717, 1.165) is 12.1 Å². The third kappa shape index (κ3) is 3.97. The van der Waals surface area contributed by atoms with Crippen molar-refractivity contribution in [2.24, 2.45) is 0 Å². The summed E-state index contributed by atoms with van der Waals surface area (Å²) in [5.74, 6) is -0.568. The van der Waals surface area contributed by atoms with E-state index < -0.39 is 22.7 Å². The molecular weight excluding hydrogens is 415 g/mol. The Kier molecular flexibility index (Phi) is 5.13. The average Bonchev–Trinajstić information content (AvgIpc) is 2.74. The molecule has 0 saturated carbocycles. The third-order valence-corrected chi connectivity index (χ3v) is 4.75. The first-order valence-corrected chi connectivity index (χ1v) is 9.20. The van der Waals surface area contributed by atoms with E-state index in [-0.39, 0.29) is 11.3 Å². The predicted octanol–water partition coefficient (Wildman–Crippen LogP) is 6.22. The van der Waals surface area contributed by atoms with Crippen LogP contribution < -0.4 is 5.32 Å². The van der Waals surface area contributed by atoms with Crippen LogP contribution in [0.1, 0.15) is 15.9 Å². The Morgan fingerprint density at radius 1 is 0.933 bits per heavy atom. The Morgan fingerprint density at radius 3 is 2.43 bits per heavy atom. The van der Waals surface area contributed by atoms with Crippen molar-refractivity contribution in [3.63, 3.8) is 0 Å². The van der Waals surface area contributed by atoms with Gasteiger partial charge < -0.3 is 5.32 Å². The summed E-state index contributed by atoms with van der Waals surface area (Å²) in [7, 11) is 0. The van der Waals surface area contributed by atoms with Crippen LogP contribution in [-0.2, 0) is 6.18 Å². The van der Waals surface area contributed by atoms with Crippen LogP contribution in [0.15, 0.2) is 72.9 Å². The van der Waals surface area contributed by atoms with Gasteiger partial charge in [0.2, 0.25) is 0 Å². The molecule has 1 amide bonds. The molecule has 1 N–H and O–H groups in total. The fraction of sp³-hybridized carbons (Fsp3) is 0.0455. The summed E-state index contributed by atoms with van der Waals surface area (Å²) in [5.41, 5.74) is 0.852. The van der Waals surface area contributed by atoms with Crippen LogP contribution in [0.5, 0.6) is 0 Å². The molecule has 0 aliphatic carbocycles. The number of halogens is 4. The van der Waals surface area contributed by atoms with E-state index in [1.807, 2.05) is 0 Å². The molecule has 0 spiro atoms. The van der Waals surface area contributed by atoms with Gasteiger partial charge in [-0.25, -0.2) is 4.98 Å². The fourth-order valence-electron chi connectivity index (χ4n) is 3.03. The molecule has 0 saturated heterocycles. The second kappa shape index (κ2) is 7.76. The van der Waals surface area contributed by atoms with Gasteiger partial charge in [0.15, 0.2) is 0 Å². The Bertz CT molecular complexity index is 1240. The van der Waals surface area contributed by atoms with Crippen molar-refractivity contribution in [1.29, 1.82) is 0 Å². The molecule has 0 aliphatic heterocycles. The van der Waals surface area contributed by atoms with Gasteiger partial charge in [-0.2, -0.15) is 13.2 Å². The molecule has 0 aliphatic rings. The largest absolute Gasteiger partial charge is 0.417 e. The van der Waals surface area contributed by atoms with Gasteiger partial charge in [-0.1, -0.05) is 35.9 Å². The van der Waals surface area contributed by atoms with E-state index in [0.29, 0.717) is 22.3 Å². The monoisotopic (exact) mass is 427 g/mol. The highest BCUT2D eigenvalue weighted by Crippen LogP contribution is 2.36. The van der Waals surface area contributed by atoms with Crippen LogP contribution in [0.2, 0.25) is 5.02 Å². The number of aromatic nitrogens is 2. The summed E-state index contributed by atoms with van der Waals surface area (Å²) in [4.78, 5) is 21.8. The van der Waals surface area contributed by atoms with Crippen LogP contribution in [0, 0.1) is 0 Å². The number of fused-ring (bicyclic) bond motifs is 1. The van der Waals surface area contributed by atoms with Crippen LogP contribution >= 0.6 is 11.6 Å². The molecule has 2 aromatic heterocycles. The molecule has 4 rings (SSSR count).